The fourth-order valence-corrected chi connectivity index (χ4v) is 2.82. The number of ether oxygens (including phenoxy) is 2. The molecule has 20 heavy (non-hydrogen) atoms. The van der Waals surface area contributed by atoms with Crippen LogP contribution in [-0.2, 0) is 11.2 Å². The molecule has 1 heterocycles. The number of benzene rings is 1. The highest BCUT2D eigenvalue weighted by molar-refractivity contribution is 5.29. The molecule has 112 valence electrons. The molecular formula is C17H27NO2. The molecule has 1 saturated heterocycles. The van der Waals surface area contributed by atoms with E-state index in [2.05, 4.69) is 30.4 Å². The Morgan fingerprint density at radius 1 is 1.45 bits per heavy atom. The van der Waals surface area contributed by atoms with E-state index in [4.69, 9.17) is 9.47 Å². The summed E-state index contributed by atoms with van der Waals surface area (Å²) in [6.07, 6.45) is 6.18. The lowest BCUT2D eigenvalue weighted by Gasteiger charge is -2.22. The van der Waals surface area contributed by atoms with Gasteiger partial charge < -0.3 is 14.8 Å². The first-order chi connectivity index (χ1) is 9.81. The standard InChI is InChI=1S/C17H27NO2/c1-3-9-18-15(13-17-8-5-10-20-17)11-14-6-4-7-16(12-14)19-2/h4,6-7,12,15,17-18H,3,5,8-11,13H2,1-2H3. The molecule has 0 aliphatic carbocycles. The normalized spacial score (nSPS) is 20.0. The predicted molar refractivity (Wildman–Crippen MR) is 82.4 cm³/mol. The Kier molecular flexibility index (Phi) is 6.34. The van der Waals surface area contributed by atoms with Crippen LogP contribution < -0.4 is 10.1 Å². The zero-order valence-corrected chi connectivity index (χ0v) is 12.7. The quantitative estimate of drug-likeness (QED) is 0.791. The molecule has 1 aromatic rings. The van der Waals surface area contributed by atoms with E-state index in [-0.39, 0.29) is 0 Å². The van der Waals surface area contributed by atoms with Crippen molar-refractivity contribution in [3.63, 3.8) is 0 Å². The molecular weight excluding hydrogens is 250 g/mol. The van der Waals surface area contributed by atoms with E-state index in [1.54, 1.807) is 7.11 Å². The SMILES string of the molecule is CCCNC(Cc1cccc(OC)c1)CC1CCCO1. The fraction of sp³-hybridized carbons (Fsp3) is 0.647. The third-order valence-corrected chi connectivity index (χ3v) is 3.87. The van der Waals surface area contributed by atoms with Crippen LogP contribution in [0.15, 0.2) is 24.3 Å². The van der Waals surface area contributed by atoms with Gasteiger partial charge in [-0.25, -0.2) is 0 Å². The summed E-state index contributed by atoms with van der Waals surface area (Å²) in [5.41, 5.74) is 1.33. The van der Waals surface area contributed by atoms with Gasteiger partial charge in [0, 0.05) is 12.6 Å². The fourth-order valence-electron chi connectivity index (χ4n) is 2.82. The zero-order chi connectivity index (χ0) is 14.2. The van der Waals surface area contributed by atoms with Gasteiger partial charge in [0.05, 0.1) is 13.2 Å². The minimum Gasteiger partial charge on any atom is -0.497 e. The Bertz CT molecular complexity index is 388. The number of rotatable bonds is 8. The first-order valence-electron chi connectivity index (χ1n) is 7.79. The molecule has 0 spiro atoms. The maximum Gasteiger partial charge on any atom is 0.119 e. The van der Waals surface area contributed by atoms with Crippen LogP contribution in [0.25, 0.3) is 0 Å². The summed E-state index contributed by atoms with van der Waals surface area (Å²) in [4.78, 5) is 0. The minimum atomic E-state index is 0.440. The van der Waals surface area contributed by atoms with Gasteiger partial charge in [-0.3, -0.25) is 0 Å². The van der Waals surface area contributed by atoms with Crippen LogP contribution in [0.5, 0.6) is 5.75 Å². The van der Waals surface area contributed by atoms with Crippen molar-refractivity contribution in [2.75, 3.05) is 20.3 Å². The van der Waals surface area contributed by atoms with Crippen molar-refractivity contribution >= 4 is 0 Å². The van der Waals surface area contributed by atoms with Crippen LogP contribution in [-0.4, -0.2) is 32.4 Å². The molecule has 3 nitrogen and oxygen atoms in total. The molecule has 0 aromatic heterocycles. The lowest BCUT2D eigenvalue weighted by Crippen LogP contribution is -2.35. The van der Waals surface area contributed by atoms with Gasteiger partial charge in [-0.05, 0) is 56.3 Å². The second-order valence-corrected chi connectivity index (χ2v) is 5.58. The maximum absolute atomic E-state index is 5.78. The number of hydrogen-bond donors (Lipinski definition) is 1. The Morgan fingerprint density at radius 3 is 3.05 bits per heavy atom. The number of hydrogen-bond acceptors (Lipinski definition) is 3. The van der Waals surface area contributed by atoms with E-state index in [1.165, 1.54) is 24.8 Å². The monoisotopic (exact) mass is 277 g/mol. The molecule has 1 aliphatic rings. The van der Waals surface area contributed by atoms with Crippen molar-refractivity contribution < 1.29 is 9.47 Å². The minimum absolute atomic E-state index is 0.440. The molecule has 2 unspecified atom stereocenters. The zero-order valence-electron chi connectivity index (χ0n) is 12.7. The Labute approximate surface area is 122 Å². The third kappa shape index (κ3) is 4.80. The molecule has 1 aromatic carbocycles. The maximum atomic E-state index is 5.78. The van der Waals surface area contributed by atoms with Gasteiger partial charge in [-0.2, -0.15) is 0 Å². The summed E-state index contributed by atoms with van der Waals surface area (Å²) in [7, 11) is 1.72. The van der Waals surface area contributed by atoms with E-state index in [1.807, 2.05) is 6.07 Å². The van der Waals surface area contributed by atoms with Gasteiger partial charge in [0.15, 0.2) is 0 Å². The van der Waals surface area contributed by atoms with Crippen molar-refractivity contribution in [3.05, 3.63) is 29.8 Å². The van der Waals surface area contributed by atoms with E-state index in [9.17, 15) is 0 Å². The van der Waals surface area contributed by atoms with E-state index in [0.717, 1.165) is 31.7 Å². The Balaban J connectivity index is 1.94. The first-order valence-corrected chi connectivity index (χ1v) is 7.79. The second kappa shape index (κ2) is 8.28. The van der Waals surface area contributed by atoms with Crippen LogP contribution in [0.3, 0.4) is 0 Å². The smallest absolute Gasteiger partial charge is 0.119 e. The van der Waals surface area contributed by atoms with Gasteiger partial charge in [0.25, 0.3) is 0 Å². The molecule has 0 radical (unpaired) electrons. The average molecular weight is 277 g/mol. The molecule has 1 aliphatic heterocycles. The largest absolute Gasteiger partial charge is 0.497 e. The average Bonchev–Trinajstić information content (AvgIpc) is 2.98. The molecule has 0 bridgehead atoms. The highest BCUT2D eigenvalue weighted by Crippen LogP contribution is 2.20. The van der Waals surface area contributed by atoms with Gasteiger partial charge in [-0.15, -0.1) is 0 Å². The topological polar surface area (TPSA) is 30.5 Å². The van der Waals surface area contributed by atoms with E-state index >= 15 is 0 Å². The highest BCUT2D eigenvalue weighted by Gasteiger charge is 2.20. The van der Waals surface area contributed by atoms with E-state index in [0.29, 0.717) is 12.1 Å². The Morgan fingerprint density at radius 2 is 2.35 bits per heavy atom. The molecule has 1 N–H and O–H groups in total. The summed E-state index contributed by atoms with van der Waals surface area (Å²) in [6, 6.07) is 8.87. The summed E-state index contributed by atoms with van der Waals surface area (Å²) in [6.45, 7) is 4.22. The van der Waals surface area contributed by atoms with E-state index < -0.39 is 0 Å². The molecule has 2 atom stereocenters. The van der Waals surface area contributed by atoms with Crippen molar-refractivity contribution in [2.24, 2.45) is 0 Å². The summed E-state index contributed by atoms with van der Waals surface area (Å²) in [5, 5.41) is 3.66. The molecule has 0 amide bonds. The number of nitrogens with one attached hydrogen (secondary N) is 1. The predicted octanol–water partition coefficient (Wildman–Crippen LogP) is 3.18. The summed E-state index contributed by atoms with van der Waals surface area (Å²) < 4.78 is 11.1. The lowest BCUT2D eigenvalue weighted by molar-refractivity contribution is 0.0946. The van der Waals surface area contributed by atoms with Crippen LogP contribution in [0.2, 0.25) is 0 Å². The molecule has 3 heteroatoms. The summed E-state index contributed by atoms with van der Waals surface area (Å²) in [5.74, 6) is 0.939. The second-order valence-electron chi connectivity index (χ2n) is 5.58. The van der Waals surface area contributed by atoms with Gasteiger partial charge in [0.2, 0.25) is 0 Å². The van der Waals surface area contributed by atoms with Crippen LogP contribution >= 0.6 is 0 Å². The first kappa shape index (κ1) is 15.3. The lowest BCUT2D eigenvalue weighted by atomic mass is 9.99. The van der Waals surface area contributed by atoms with Crippen LogP contribution in [0.4, 0.5) is 0 Å². The summed E-state index contributed by atoms with van der Waals surface area (Å²) >= 11 is 0. The van der Waals surface area contributed by atoms with Crippen molar-refractivity contribution in [1.82, 2.24) is 5.32 Å². The highest BCUT2D eigenvalue weighted by atomic mass is 16.5. The molecule has 1 fully saturated rings. The van der Waals surface area contributed by atoms with Crippen LogP contribution in [0.1, 0.15) is 38.2 Å². The van der Waals surface area contributed by atoms with Crippen molar-refractivity contribution in [3.8, 4) is 5.75 Å². The molecule has 0 saturated carbocycles. The van der Waals surface area contributed by atoms with Crippen LogP contribution in [0, 0.1) is 0 Å². The third-order valence-electron chi connectivity index (χ3n) is 3.87. The molecule has 2 rings (SSSR count). The van der Waals surface area contributed by atoms with Crippen molar-refractivity contribution in [2.45, 2.75) is 51.2 Å². The Hall–Kier alpha value is -1.06. The van der Waals surface area contributed by atoms with Gasteiger partial charge in [0.1, 0.15) is 5.75 Å². The van der Waals surface area contributed by atoms with Gasteiger partial charge >= 0.3 is 0 Å². The number of methoxy groups -OCH3 is 1. The van der Waals surface area contributed by atoms with Gasteiger partial charge in [-0.1, -0.05) is 19.1 Å². The van der Waals surface area contributed by atoms with Crippen molar-refractivity contribution in [1.29, 1.82) is 0 Å².